The fraction of sp³-hybridized carbons (Fsp3) is 0.714. The van der Waals surface area contributed by atoms with Crippen LogP contribution in [0, 0.1) is 0 Å². The summed E-state index contributed by atoms with van der Waals surface area (Å²) in [7, 11) is 0. The molecule has 0 bridgehead atoms. The summed E-state index contributed by atoms with van der Waals surface area (Å²) in [6, 6.07) is 0. The molecule has 0 spiro atoms. The summed E-state index contributed by atoms with van der Waals surface area (Å²) in [6.45, 7) is 6.37. The average Bonchev–Trinajstić information content (AvgIpc) is 3.13. The quantitative estimate of drug-likeness (QED) is 0.812. The Bertz CT molecular complexity index is 655. The second-order valence-corrected chi connectivity index (χ2v) is 6.78. The van der Waals surface area contributed by atoms with E-state index in [0.29, 0.717) is 6.61 Å². The maximum absolute atomic E-state index is 12.5. The molecule has 0 aliphatic heterocycles. The lowest BCUT2D eigenvalue weighted by molar-refractivity contribution is -0.150. The number of carbonyl (C=O) groups excluding carboxylic acids is 1. The van der Waals surface area contributed by atoms with Crippen LogP contribution in [-0.4, -0.2) is 32.4 Å². The Balaban J connectivity index is 2.06. The van der Waals surface area contributed by atoms with E-state index < -0.39 is 5.41 Å². The van der Waals surface area contributed by atoms with Gasteiger partial charge in [0.05, 0.1) is 6.61 Å². The molecule has 0 radical (unpaired) electrons. The minimum Gasteiger partial charge on any atom is -0.465 e. The molecule has 21 heavy (non-hydrogen) atoms. The zero-order valence-electron chi connectivity index (χ0n) is 12.6. The number of hydrogen-bond acceptors (Lipinski definition) is 6. The van der Waals surface area contributed by atoms with Gasteiger partial charge >= 0.3 is 5.97 Å². The van der Waals surface area contributed by atoms with Crippen molar-refractivity contribution in [2.24, 2.45) is 0 Å². The van der Waals surface area contributed by atoms with Crippen LogP contribution in [0.5, 0.6) is 0 Å². The molecule has 1 aliphatic rings. The first-order valence-electron chi connectivity index (χ1n) is 7.48. The predicted octanol–water partition coefficient (Wildman–Crippen LogP) is 2.68. The first-order valence-corrected chi connectivity index (χ1v) is 8.30. The minimum atomic E-state index is -0.574. The van der Waals surface area contributed by atoms with Crippen molar-refractivity contribution in [1.29, 1.82) is 0 Å². The molecule has 2 aromatic rings. The first-order chi connectivity index (χ1) is 10.1. The standard InChI is InChI=1S/C14H20N4O2S/c1-4-20-12(19)14(7-5-6-8-14)11-17-18-10(9(2)3)15-16-13(18)21-11/h9H,4-8H2,1-3H3. The third kappa shape index (κ3) is 2.23. The van der Waals surface area contributed by atoms with Gasteiger partial charge in [0.2, 0.25) is 4.96 Å². The van der Waals surface area contributed by atoms with Gasteiger partial charge < -0.3 is 4.74 Å². The Morgan fingerprint density at radius 1 is 1.38 bits per heavy atom. The van der Waals surface area contributed by atoms with E-state index in [1.807, 2.05) is 6.92 Å². The van der Waals surface area contributed by atoms with Crippen LogP contribution in [0.25, 0.3) is 4.96 Å². The SMILES string of the molecule is CCOC(=O)C1(c2nn3c(C(C)C)nnc3s2)CCCC1. The normalized spacial score (nSPS) is 17.7. The molecule has 0 unspecified atom stereocenters. The number of rotatable bonds is 4. The van der Waals surface area contributed by atoms with E-state index in [0.717, 1.165) is 41.5 Å². The summed E-state index contributed by atoms with van der Waals surface area (Å²) in [5, 5.41) is 13.8. The number of carbonyl (C=O) groups is 1. The molecule has 0 amide bonds. The largest absolute Gasteiger partial charge is 0.465 e. The Hall–Kier alpha value is -1.50. The van der Waals surface area contributed by atoms with Gasteiger partial charge in [-0.25, -0.2) is 0 Å². The number of aromatic nitrogens is 4. The Morgan fingerprint density at radius 2 is 2.10 bits per heavy atom. The molecule has 2 heterocycles. The third-order valence-electron chi connectivity index (χ3n) is 4.06. The van der Waals surface area contributed by atoms with Crippen molar-refractivity contribution < 1.29 is 9.53 Å². The lowest BCUT2D eigenvalue weighted by atomic mass is 9.87. The van der Waals surface area contributed by atoms with Crippen LogP contribution in [0.2, 0.25) is 0 Å². The zero-order chi connectivity index (χ0) is 15.0. The van der Waals surface area contributed by atoms with Crippen LogP contribution in [0.3, 0.4) is 0 Å². The lowest BCUT2D eigenvalue weighted by Gasteiger charge is -2.23. The van der Waals surface area contributed by atoms with Gasteiger partial charge in [0.25, 0.3) is 0 Å². The molecule has 1 fully saturated rings. The highest BCUT2D eigenvalue weighted by Crippen LogP contribution is 2.43. The predicted molar refractivity (Wildman–Crippen MR) is 79.5 cm³/mol. The summed E-state index contributed by atoms with van der Waals surface area (Å²) in [5.74, 6) is 0.945. The van der Waals surface area contributed by atoms with Crippen molar-refractivity contribution in [1.82, 2.24) is 19.8 Å². The molecule has 0 atom stereocenters. The molecule has 0 saturated heterocycles. The van der Waals surface area contributed by atoms with Crippen LogP contribution < -0.4 is 0 Å². The molecule has 7 heteroatoms. The van der Waals surface area contributed by atoms with Crippen molar-refractivity contribution in [2.75, 3.05) is 6.61 Å². The average molecular weight is 308 g/mol. The second-order valence-electron chi connectivity index (χ2n) is 5.82. The summed E-state index contributed by atoms with van der Waals surface area (Å²) in [6.07, 6.45) is 3.70. The minimum absolute atomic E-state index is 0.140. The van der Waals surface area contributed by atoms with Crippen LogP contribution in [-0.2, 0) is 14.9 Å². The summed E-state index contributed by atoms with van der Waals surface area (Å²) < 4.78 is 7.10. The van der Waals surface area contributed by atoms with Gasteiger partial charge in [0, 0.05) is 5.92 Å². The molecular weight excluding hydrogens is 288 g/mol. The second kappa shape index (κ2) is 5.36. The number of hydrogen-bond donors (Lipinski definition) is 0. The summed E-state index contributed by atoms with van der Waals surface area (Å²) >= 11 is 1.46. The van der Waals surface area contributed by atoms with Gasteiger partial charge in [-0.15, -0.1) is 10.2 Å². The van der Waals surface area contributed by atoms with E-state index in [-0.39, 0.29) is 11.9 Å². The van der Waals surface area contributed by atoms with Crippen LogP contribution in [0.4, 0.5) is 0 Å². The fourth-order valence-electron chi connectivity index (χ4n) is 2.94. The summed E-state index contributed by atoms with van der Waals surface area (Å²) in [4.78, 5) is 13.2. The Labute approximate surface area is 127 Å². The van der Waals surface area contributed by atoms with E-state index in [2.05, 4.69) is 29.1 Å². The van der Waals surface area contributed by atoms with Crippen molar-refractivity contribution in [3.8, 4) is 0 Å². The number of nitrogens with zero attached hydrogens (tertiary/aromatic N) is 4. The van der Waals surface area contributed by atoms with E-state index in [1.165, 1.54) is 11.3 Å². The van der Waals surface area contributed by atoms with Crippen molar-refractivity contribution >= 4 is 22.3 Å². The molecule has 0 N–H and O–H groups in total. The number of esters is 1. The van der Waals surface area contributed by atoms with Crippen LogP contribution >= 0.6 is 11.3 Å². The van der Waals surface area contributed by atoms with E-state index in [4.69, 9.17) is 4.74 Å². The van der Waals surface area contributed by atoms with E-state index in [9.17, 15) is 4.79 Å². The molecular formula is C14H20N4O2S. The van der Waals surface area contributed by atoms with Crippen LogP contribution in [0.15, 0.2) is 0 Å². The van der Waals surface area contributed by atoms with Crippen LogP contribution in [0.1, 0.15) is 63.2 Å². The highest BCUT2D eigenvalue weighted by atomic mass is 32.1. The van der Waals surface area contributed by atoms with Crippen molar-refractivity contribution in [3.05, 3.63) is 10.8 Å². The topological polar surface area (TPSA) is 69.4 Å². The highest BCUT2D eigenvalue weighted by Gasteiger charge is 2.47. The molecule has 6 nitrogen and oxygen atoms in total. The smallest absolute Gasteiger partial charge is 0.319 e. The van der Waals surface area contributed by atoms with Gasteiger partial charge in [-0.2, -0.15) is 9.61 Å². The third-order valence-corrected chi connectivity index (χ3v) is 5.17. The maximum atomic E-state index is 12.5. The fourth-order valence-corrected chi connectivity index (χ4v) is 4.02. The summed E-state index contributed by atoms with van der Waals surface area (Å²) in [5.41, 5.74) is -0.574. The zero-order valence-corrected chi connectivity index (χ0v) is 13.4. The van der Waals surface area contributed by atoms with Gasteiger partial charge in [0.15, 0.2) is 5.82 Å². The molecule has 1 saturated carbocycles. The first kappa shape index (κ1) is 14.4. The molecule has 0 aromatic carbocycles. The van der Waals surface area contributed by atoms with E-state index >= 15 is 0 Å². The van der Waals surface area contributed by atoms with Crippen molar-refractivity contribution in [2.45, 2.75) is 57.8 Å². The number of fused-ring (bicyclic) bond motifs is 1. The van der Waals surface area contributed by atoms with E-state index in [1.54, 1.807) is 4.52 Å². The number of ether oxygens (including phenoxy) is 1. The van der Waals surface area contributed by atoms with Crippen molar-refractivity contribution in [3.63, 3.8) is 0 Å². The molecule has 114 valence electrons. The Kier molecular flexibility index (Phi) is 3.69. The van der Waals surface area contributed by atoms with Gasteiger partial charge in [-0.3, -0.25) is 4.79 Å². The highest BCUT2D eigenvalue weighted by molar-refractivity contribution is 7.16. The maximum Gasteiger partial charge on any atom is 0.319 e. The molecule has 2 aromatic heterocycles. The lowest BCUT2D eigenvalue weighted by Crippen LogP contribution is -2.34. The van der Waals surface area contributed by atoms with Gasteiger partial charge in [0.1, 0.15) is 10.4 Å². The van der Waals surface area contributed by atoms with Gasteiger partial charge in [-0.05, 0) is 19.8 Å². The molecule has 3 rings (SSSR count). The molecule has 1 aliphatic carbocycles. The Morgan fingerprint density at radius 3 is 2.71 bits per heavy atom. The monoisotopic (exact) mass is 308 g/mol. The van der Waals surface area contributed by atoms with Gasteiger partial charge in [-0.1, -0.05) is 38.0 Å².